The van der Waals surface area contributed by atoms with E-state index in [1.54, 1.807) is 26.0 Å². The van der Waals surface area contributed by atoms with Gasteiger partial charge in [0.25, 0.3) is 5.60 Å². The lowest BCUT2D eigenvalue weighted by Gasteiger charge is -2.33. The van der Waals surface area contributed by atoms with E-state index < -0.39 is 23.5 Å². The fourth-order valence-corrected chi connectivity index (χ4v) is 2.13. The van der Waals surface area contributed by atoms with Crippen LogP contribution in [0, 0.1) is 0 Å². The van der Waals surface area contributed by atoms with Crippen LogP contribution in [0.2, 0.25) is 0 Å². The predicted molar refractivity (Wildman–Crippen MR) is 76.8 cm³/mol. The van der Waals surface area contributed by atoms with Crippen LogP contribution in [0.1, 0.15) is 31.4 Å². The Morgan fingerprint density at radius 1 is 1.08 bits per heavy atom. The molecule has 0 unspecified atom stereocenters. The number of benzene rings is 1. The summed E-state index contributed by atoms with van der Waals surface area (Å²) >= 11 is 0. The van der Waals surface area contributed by atoms with Crippen molar-refractivity contribution in [3.63, 3.8) is 0 Å². The molecule has 0 spiro atoms. The van der Waals surface area contributed by atoms with E-state index in [4.69, 9.17) is 4.74 Å². The average Bonchev–Trinajstić information content (AvgIpc) is 2.46. The van der Waals surface area contributed by atoms with Crippen LogP contribution in [0.15, 0.2) is 30.4 Å². The highest BCUT2D eigenvalue weighted by Crippen LogP contribution is 2.50. The molecule has 0 atom stereocenters. The first kappa shape index (κ1) is 20.3. The minimum absolute atomic E-state index is 0.134. The van der Waals surface area contributed by atoms with Gasteiger partial charge in [0, 0.05) is 5.56 Å². The molecule has 2 nitrogen and oxygen atoms in total. The van der Waals surface area contributed by atoms with Crippen LogP contribution in [0.25, 0.3) is 0 Å². The third-order valence-electron chi connectivity index (χ3n) is 3.39. The molecule has 0 aliphatic heterocycles. The Kier molecular flexibility index (Phi) is 6.32. The molecule has 136 valence electrons. The summed E-state index contributed by atoms with van der Waals surface area (Å²) in [4.78, 5) is 0. The van der Waals surface area contributed by atoms with E-state index in [1.807, 2.05) is 0 Å². The number of rotatable bonds is 6. The van der Waals surface area contributed by atoms with E-state index >= 15 is 0 Å². The Labute approximate surface area is 135 Å². The van der Waals surface area contributed by atoms with E-state index in [1.165, 1.54) is 0 Å². The Bertz CT molecular complexity index is 561. The molecular weight excluding hydrogens is 338 g/mol. The zero-order valence-corrected chi connectivity index (χ0v) is 13.1. The van der Waals surface area contributed by atoms with Crippen LogP contribution in [-0.4, -0.2) is 24.1 Å². The van der Waals surface area contributed by atoms with Crippen LogP contribution >= 0.6 is 0 Å². The van der Waals surface area contributed by atoms with Crippen molar-refractivity contribution < 1.29 is 36.2 Å². The molecule has 0 aliphatic rings. The number of aryl methyl sites for hydroxylation is 1. The third-order valence-corrected chi connectivity index (χ3v) is 3.39. The monoisotopic (exact) mass is 356 g/mol. The normalized spacial score (nSPS) is 13.5. The van der Waals surface area contributed by atoms with Crippen molar-refractivity contribution in [2.24, 2.45) is 0 Å². The van der Waals surface area contributed by atoms with E-state index in [2.05, 4.69) is 0 Å². The van der Waals surface area contributed by atoms with Gasteiger partial charge in [0.05, 0.1) is 0 Å². The van der Waals surface area contributed by atoms with Gasteiger partial charge in [-0.15, -0.1) is 0 Å². The van der Waals surface area contributed by atoms with E-state index in [9.17, 15) is 31.4 Å². The Morgan fingerprint density at radius 3 is 2.12 bits per heavy atom. The van der Waals surface area contributed by atoms with Gasteiger partial charge in [-0.25, -0.2) is 0 Å². The van der Waals surface area contributed by atoms with Crippen LogP contribution in [0.5, 0.6) is 5.75 Å². The maximum Gasteiger partial charge on any atom is 0.430 e. The quantitative estimate of drug-likeness (QED) is 0.580. The molecule has 1 aromatic rings. The lowest BCUT2D eigenvalue weighted by molar-refractivity contribution is -0.376. The van der Waals surface area contributed by atoms with Crippen molar-refractivity contribution in [3.8, 4) is 5.75 Å². The number of hydrogen-bond acceptors (Lipinski definition) is 2. The molecular formula is C16H18F6O2. The van der Waals surface area contributed by atoms with Crippen molar-refractivity contribution >= 4 is 0 Å². The molecule has 0 heterocycles. The second-order valence-electron chi connectivity index (χ2n) is 5.16. The fraction of sp³-hybridized carbons (Fsp3) is 0.500. The summed E-state index contributed by atoms with van der Waals surface area (Å²) in [6.07, 6.45) is -7.76. The lowest BCUT2D eigenvalue weighted by atomic mass is 9.90. The molecule has 0 saturated heterocycles. The number of hydrogen-bond donors (Lipinski definition) is 1. The summed E-state index contributed by atoms with van der Waals surface area (Å²) in [5.74, 6) is 0.186. The Hall–Kier alpha value is -1.70. The first-order chi connectivity index (χ1) is 11.0. The highest BCUT2D eigenvalue weighted by atomic mass is 19.4. The van der Waals surface area contributed by atoms with Gasteiger partial charge >= 0.3 is 12.4 Å². The summed E-state index contributed by atoms with van der Waals surface area (Å²) in [5, 5.41) is 9.45. The molecule has 0 aliphatic carbocycles. The predicted octanol–water partition coefficient (Wildman–Crippen LogP) is 4.91. The Morgan fingerprint density at radius 2 is 1.67 bits per heavy atom. The van der Waals surface area contributed by atoms with Crippen molar-refractivity contribution in [1.82, 2.24) is 0 Å². The van der Waals surface area contributed by atoms with Gasteiger partial charge in [-0.1, -0.05) is 31.6 Å². The Balaban J connectivity index is 3.40. The number of allylic oxidation sites excluding steroid dienone is 1. The maximum absolute atomic E-state index is 12.9. The van der Waals surface area contributed by atoms with Gasteiger partial charge in [-0.05, 0) is 31.0 Å². The molecule has 24 heavy (non-hydrogen) atoms. The second kappa shape index (κ2) is 7.46. The fourth-order valence-electron chi connectivity index (χ4n) is 2.13. The molecule has 1 N–H and O–H groups in total. The summed E-state index contributed by atoms with van der Waals surface area (Å²) in [5.41, 5.74) is -6.03. The van der Waals surface area contributed by atoms with Gasteiger partial charge in [0.2, 0.25) is 0 Å². The summed E-state index contributed by atoms with van der Waals surface area (Å²) in [6, 6.07) is 2.31. The lowest BCUT2D eigenvalue weighted by Crippen LogP contribution is -2.53. The number of alkyl halides is 6. The van der Waals surface area contributed by atoms with Crippen molar-refractivity contribution in [2.75, 3.05) is 6.61 Å². The minimum atomic E-state index is -5.90. The third kappa shape index (κ3) is 4.03. The zero-order chi connectivity index (χ0) is 18.6. The van der Waals surface area contributed by atoms with Crippen LogP contribution in [0.3, 0.4) is 0 Å². The molecule has 0 amide bonds. The molecule has 1 rings (SSSR count). The van der Waals surface area contributed by atoms with Crippen molar-refractivity contribution in [1.29, 1.82) is 0 Å². The average molecular weight is 356 g/mol. The first-order valence-electron chi connectivity index (χ1n) is 7.22. The zero-order valence-electron chi connectivity index (χ0n) is 13.1. The number of aliphatic hydroxyl groups is 1. The molecule has 0 saturated carbocycles. The first-order valence-corrected chi connectivity index (χ1v) is 7.22. The molecule has 8 heteroatoms. The standard InChI is InChI=1S/C16H18F6O2/c1-3-5-9-24-13-8-7-12(10-11(13)6-4-2)14(23,15(17,18)19)16(20,21)22/h3,5,7-8,10,23H,4,6,9H2,1-2H3/b5-3+. The summed E-state index contributed by atoms with van der Waals surface area (Å²) < 4.78 is 83.0. The van der Waals surface area contributed by atoms with Crippen LogP contribution < -0.4 is 4.74 Å². The second-order valence-corrected chi connectivity index (χ2v) is 5.16. The van der Waals surface area contributed by atoms with Gasteiger partial charge in [-0.3, -0.25) is 0 Å². The smallest absolute Gasteiger partial charge is 0.430 e. The van der Waals surface area contributed by atoms with E-state index in [-0.39, 0.29) is 24.3 Å². The summed E-state index contributed by atoms with van der Waals surface area (Å²) in [6.45, 7) is 3.60. The molecule has 0 radical (unpaired) electrons. The SMILES string of the molecule is C/C=C/COc1ccc(C(O)(C(F)(F)F)C(F)(F)F)cc1CCC. The topological polar surface area (TPSA) is 29.5 Å². The minimum Gasteiger partial charge on any atom is -0.489 e. The number of ether oxygens (including phenoxy) is 1. The van der Waals surface area contributed by atoms with E-state index in [0.717, 1.165) is 6.07 Å². The van der Waals surface area contributed by atoms with Gasteiger partial charge in [-0.2, -0.15) is 26.3 Å². The summed E-state index contributed by atoms with van der Waals surface area (Å²) in [7, 11) is 0. The molecule has 1 aromatic carbocycles. The largest absolute Gasteiger partial charge is 0.489 e. The maximum atomic E-state index is 12.9. The van der Waals surface area contributed by atoms with Crippen LogP contribution in [-0.2, 0) is 12.0 Å². The highest BCUT2D eigenvalue weighted by molar-refractivity contribution is 5.41. The van der Waals surface area contributed by atoms with Crippen molar-refractivity contribution in [2.45, 2.75) is 44.6 Å². The molecule has 0 fully saturated rings. The molecule has 0 aromatic heterocycles. The highest BCUT2D eigenvalue weighted by Gasteiger charge is 2.71. The van der Waals surface area contributed by atoms with E-state index in [0.29, 0.717) is 18.6 Å². The van der Waals surface area contributed by atoms with Gasteiger partial charge in [0.1, 0.15) is 12.4 Å². The van der Waals surface area contributed by atoms with Crippen LogP contribution in [0.4, 0.5) is 26.3 Å². The van der Waals surface area contributed by atoms with Gasteiger partial charge < -0.3 is 9.84 Å². The molecule has 0 bridgehead atoms. The van der Waals surface area contributed by atoms with Crippen molar-refractivity contribution in [3.05, 3.63) is 41.5 Å². The van der Waals surface area contributed by atoms with Gasteiger partial charge in [0.15, 0.2) is 0 Å². The number of halogens is 6.